The number of hydrogen-bond donors (Lipinski definition) is 3. The summed E-state index contributed by atoms with van der Waals surface area (Å²) in [5, 5.41) is 0. The van der Waals surface area contributed by atoms with E-state index in [-0.39, 0.29) is 12.5 Å². The molecule has 0 spiro atoms. The van der Waals surface area contributed by atoms with Crippen molar-refractivity contribution in [1.29, 1.82) is 0 Å². The van der Waals surface area contributed by atoms with Crippen molar-refractivity contribution in [1.82, 2.24) is 19.8 Å². The number of piperidine rings is 1. The zero-order valence-electron chi connectivity index (χ0n) is 22.2. The first-order valence-corrected chi connectivity index (χ1v) is 13.1. The maximum absolute atomic E-state index is 6.96. The molecule has 3 aromatic rings. The van der Waals surface area contributed by atoms with Crippen LogP contribution >= 0.6 is 0 Å². The van der Waals surface area contributed by atoms with E-state index in [1.54, 1.807) is 13.4 Å². The van der Waals surface area contributed by atoms with Crippen molar-refractivity contribution < 1.29 is 4.74 Å². The quantitative estimate of drug-likeness (QED) is 0.430. The molecule has 2 aromatic carbocycles. The Morgan fingerprint density at radius 3 is 2.57 bits per heavy atom. The van der Waals surface area contributed by atoms with Crippen LogP contribution in [0.2, 0.25) is 0 Å². The lowest BCUT2D eigenvalue weighted by molar-refractivity contribution is 0.0286. The SMILES string of the molecule is COc1cccc(N(C)C)c1CN1CCC(N2C(N)c3ccccc3N(CCc3c[nH]cn3)C2N)CC1. The largest absolute Gasteiger partial charge is 0.496 e. The molecular weight excluding hydrogens is 464 g/mol. The Bertz CT molecular complexity index is 1160. The molecule has 1 saturated heterocycles. The van der Waals surface area contributed by atoms with E-state index in [0.29, 0.717) is 6.04 Å². The lowest BCUT2D eigenvalue weighted by atomic mass is 9.97. The number of para-hydroxylation sites is 1. The maximum atomic E-state index is 6.96. The third kappa shape index (κ3) is 5.17. The fourth-order valence-electron chi connectivity index (χ4n) is 5.91. The number of hydrogen-bond acceptors (Lipinski definition) is 8. The van der Waals surface area contributed by atoms with Crippen LogP contribution in [0.3, 0.4) is 0 Å². The second kappa shape index (κ2) is 11.1. The van der Waals surface area contributed by atoms with E-state index in [4.69, 9.17) is 16.2 Å². The predicted molar refractivity (Wildman–Crippen MR) is 148 cm³/mol. The van der Waals surface area contributed by atoms with Crippen LogP contribution in [0.1, 0.15) is 35.8 Å². The number of aromatic amines is 1. The van der Waals surface area contributed by atoms with Crippen molar-refractivity contribution >= 4 is 11.4 Å². The minimum absolute atomic E-state index is 0.223. The molecule has 2 aliphatic rings. The van der Waals surface area contributed by atoms with Crippen molar-refractivity contribution in [3.05, 3.63) is 71.8 Å². The molecule has 9 heteroatoms. The van der Waals surface area contributed by atoms with Crippen molar-refractivity contribution in [3.63, 3.8) is 0 Å². The number of aromatic nitrogens is 2. The van der Waals surface area contributed by atoms with Gasteiger partial charge in [0.25, 0.3) is 0 Å². The van der Waals surface area contributed by atoms with Gasteiger partial charge in [-0.05, 0) is 44.1 Å². The van der Waals surface area contributed by atoms with Crippen LogP contribution in [0, 0.1) is 0 Å². The molecule has 9 nitrogen and oxygen atoms in total. The summed E-state index contributed by atoms with van der Waals surface area (Å²) >= 11 is 0. The Morgan fingerprint density at radius 2 is 1.86 bits per heavy atom. The highest BCUT2D eigenvalue weighted by molar-refractivity contribution is 5.59. The smallest absolute Gasteiger partial charge is 0.136 e. The molecule has 0 amide bonds. The van der Waals surface area contributed by atoms with E-state index in [9.17, 15) is 0 Å². The van der Waals surface area contributed by atoms with Crippen molar-refractivity contribution in [3.8, 4) is 5.75 Å². The number of H-pyrrole nitrogens is 1. The third-order valence-electron chi connectivity index (χ3n) is 7.85. The Morgan fingerprint density at radius 1 is 1.08 bits per heavy atom. The van der Waals surface area contributed by atoms with E-state index < -0.39 is 0 Å². The Labute approximate surface area is 220 Å². The Hall–Kier alpha value is -3.11. The maximum Gasteiger partial charge on any atom is 0.136 e. The van der Waals surface area contributed by atoms with Crippen LogP contribution in [-0.2, 0) is 13.0 Å². The first kappa shape index (κ1) is 25.5. The van der Waals surface area contributed by atoms with Crippen LogP contribution in [-0.4, -0.2) is 72.9 Å². The number of methoxy groups -OCH3 is 1. The van der Waals surface area contributed by atoms with E-state index >= 15 is 0 Å². The second-order valence-electron chi connectivity index (χ2n) is 10.2. The van der Waals surface area contributed by atoms with Gasteiger partial charge in [-0.15, -0.1) is 0 Å². The molecule has 5 rings (SSSR count). The summed E-state index contributed by atoms with van der Waals surface area (Å²) in [4.78, 5) is 16.7. The van der Waals surface area contributed by atoms with Gasteiger partial charge in [-0.1, -0.05) is 24.3 Å². The fraction of sp³-hybridized carbons (Fsp3) is 0.464. The Kier molecular flexibility index (Phi) is 7.66. The molecule has 1 fully saturated rings. The molecule has 2 aliphatic heterocycles. The summed E-state index contributed by atoms with van der Waals surface area (Å²) in [6.07, 6.45) is 6.02. The Balaban J connectivity index is 1.30. The molecule has 1 aromatic heterocycles. The second-order valence-corrected chi connectivity index (χ2v) is 10.2. The molecule has 0 saturated carbocycles. The molecule has 0 aliphatic carbocycles. The van der Waals surface area contributed by atoms with Gasteiger partial charge in [0.15, 0.2) is 0 Å². The summed E-state index contributed by atoms with van der Waals surface area (Å²) < 4.78 is 5.71. The van der Waals surface area contributed by atoms with Gasteiger partial charge in [0.1, 0.15) is 12.0 Å². The van der Waals surface area contributed by atoms with Gasteiger partial charge in [0.05, 0.1) is 25.3 Å². The molecule has 2 atom stereocenters. The van der Waals surface area contributed by atoms with Crippen molar-refractivity contribution in [2.45, 2.75) is 44.3 Å². The van der Waals surface area contributed by atoms with E-state index in [0.717, 1.165) is 68.1 Å². The molecule has 37 heavy (non-hydrogen) atoms. The molecule has 5 N–H and O–H groups in total. The number of likely N-dealkylation sites (tertiary alicyclic amines) is 1. The number of ether oxygens (including phenoxy) is 1. The zero-order valence-corrected chi connectivity index (χ0v) is 22.2. The number of benzene rings is 2. The average Bonchev–Trinajstić information content (AvgIpc) is 3.43. The minimum atomic E-state index is -0.282. The summed E-state index contributed by atoms with van der Waals surface area (Å²) in [6, 6.07) is 15.0. The normalized spacial score (nSPS) is 21.2. The van der Waals surface area contributed by atoms with Crippen LogP contribution in [0.5, 0.6) is 5.75 Å². The monoisotopic (exact) mass is 504 g/mol. The van der Waals surface area contributed by atoms with Crippen molar-refractivity contribution in [2.75, 3.05) is 50.6 Å². The summed E-state index contributed by atoms with van der Waals surface area (Å²) in [5.74, 6) is 0.942. The van der Waals surface area contributed by atoms with E-state index in [1.807, 2.05) is 6.20 Å². The highest BCUT2D eigenvalue weighted by Gasteiger charge is 2.40. The van der Waals surface area contributed by atoms with Crippen LogP contribution in [0.15, 0.2) is 55.0 Å². The van der Waals surface area contributed by atoms with Gasteiger partial charge in [-0.25, -0.2) is 9.88 Å². The summed E-state index contributed by atoms with van der Waals surface area (Å²) in [7, 11) is 5.91. The number of nitrogens with zero attached hydrogens (tertiary/aromatic N) is 5. The number of nitrogens with two attached hydrogens (primary N) is 2. The van der Waals surface area contributed by atoms with Crippen LogP contribution < -0.4 is 26.0 Å². The highest BCUT2D eigenvalue weighted by Crippen LogP contribution is 2.38. The van der Waals surface area contributed by atoms with E-state index in [2.05, 4.69) is 86.1 Å². The van der Waals surface area contributed by atoms with E-state index in [1.165, 1.54) is 11.3 Å². The zero-order chi connectivity index (χ0) is 25.9. The molecule has 0 radical (unpaired) electrons. The van der Waals surface area contributed by atoms with Gasteiger partial charge in [-0.2, -0.15) is 0 Å². The first-order chi connectivity index (χ1) is 18.0. The predicted octanol–water partition coefficient (Wildman–Crippen LogP) is 2.71. The van der Waals surface area contributed by atoms with Crippen LogP contribution in [0.4, 0.5) is 11.4 Å². The lowest BCUT2D eigenvalue weighted by Crippen LogP contribution is -2.64. The standard InChI is InChI=1S/C28H40N8O/c1-33(2)24-9-6-10-26(37-3)23(24)18-34-14-12-21(13-15-34)36-27(29)22-7-4-5-8-25(22)35(28(36)30)16-11-20-17-31-19-32-20/h4-10,17,19,21,27-28H,11-16,18,29-30H2,1-3H3,(H,31,32). The number of imidazole rings is 1. The molecule has 3 heterocycles. The topological polar surface area (TPSA) is 103 Å². The summed E-state index contributed by atoms with van der Waals surface area (Å²) in [6.45, 7) is 3.62. The van der Waals surface area contributed by atoms with Crippen molar-refractivity contribution in [2.24, 2.45) is 11.5 Å². The third-order valence-corrected chi connectivity index (χ3v) is 7.85. The highest BCUT2D eigenvalue weighted by atomic mass is 16.5. The number of anilines is 2. The lowest BCUT2D eigenvalue weighted by Gasteiger charge is -2.51. The fourth-order valence-corrected chi connectivity index (χ4v) is 5.91. The number of nitrogens with one attached hydrogen (secondary N) is 1. The number of fused-ring (bicyclic) bond motifs is 1. The van der Waals surface area contributed by atoms with Gasteiger partial charge >= 0.3 is 0 Å². The molecule has 198 valence electrons. The summed E-state index contributed by atoms with van der Waals surface area (Å²) in [5.41, 5.74) is 19.6. The molecular formula is C28H40N8O. The van der Waals surface area contributed by atoms with Gasteiger partial charge in [0, 0.05) is 68.3 Å². The van der Waals surface area contributed by atoms with Crippen LogP contribution in [0.25, 0.3) is 0 Å². The van der Waals surface area contributed by atoms with Gasteiger partial charge < -0.3 is 25.3 Å². The molecule has 2 unspecified atom stereocenters. The minimum Gasteiger partial charge on any atom is -0.496 e. The first-order valence-electron chi connectivity index (χ1n) is 13.1. The average molecular weight is 505 g/mol. The van der Waals surface area contributed by atoms with Gasteiger partial charge in [-0.3, -0.25) is 10.6 Å². The number of rotatable bonds is 8. The van der Waals surface area contributed by atoms with Gasteiger partial charge in [0.2, 0.25) is 0 Å². The molecule has 0 bridgehead atoms.